The van der Waals surface area contributed by atoms with Crippen molar-refractivity contribution in [2.75, 3.05) is 0 Å². The number of carbonyl (C=O) groups is 1. The van der Waals surface area contributed by atoms with Crippen molar-refractivity contribution in [1.29, 1.82) is 0 Å². The largest absolute Gasteiger partial charge is 0.300 e. The highest BCUT2D eigenvalue weighted by atomic mass is 16.1. The molecule has 0 spiro atoms. The Balaban J connectivity index is 1.48. The maximum atomic E-state index is 12.3. The number of ketones is 1. The number of hydrogen-bond acceptors (Lipinski definition) is 1. The third-order valence-corrected chi connectivity index (χ3v) is 10.9. The number of fused-ring (bicyclic) bond motifs is 5. The highest BCUT2D eigenvalue weighted by Gasteiger charge is 2.60. The summed E-state index contributed by atoms with van der Waals surface area (Å²) in [5, 5.41) is 0. The highest BCUT2D eigenvalue weighted by Crippen LogP contribution is 2.68. The first-order valence-electron chi connectivity index (χ1n) is 13.3. The van der Waals surface area contributed by atoms with E-state index in [-0.39, 0.29) is 0 Å². The van der Waals surface area contributed by atoms with Gasteiger partial charge < -0.3 is 0 Å². The van der Waals surface area contributed by atoms with Crippen molar-refractivity contribution in [2.45, 2.75) is 118 Å². The van der Waals surface area contributed by atoms with Gasteiger partial charge in [0.15, 0.2) is 0 Å². The SMILES string of the molecule is CC(C)CCC[C@@H](C)C1CCC2C3CC[C@H]4CC(=O)CCCC4(C)C3CCC21C. The second kappa shape index (κ2) is 8.31. The molecule has 4 aliphatic carbocycles. The summed E-state index contributed by atoms with van der Waals surface area (Å²) >= 11 is 0. The van der Waals surface area contributed by atoms with Gasteiger partial charge in [0.05, 0.1) is 0 Å². The molecule has 0 aliphatic heterocycles. The van der Waals surface area contributed by atoms with Crippen molar-refractivity contribution in [3.63, 3.8) is 0 Å². The van der Waals surface area contributed by atoms with Crippen molar-refractivity contribution < 1.29 is 4.79 Å². The van der Waals surface area contributed by atoms with E-state index in [1.165, 1.54) is 64.2 Å². The van der Waals surface area contributed by atoms with Gasteiger partial charge >= 0.3 is 0 Å². The second-order valence-corrected chi connectivity index (χ2v) is 12.8. The Labute approximate surface area is 181 Å². The Morgan fingerprint density at radius 1 is 0.897 bits per heavy atom. The van der Waals surface area contributed by atoms with Gasteiger partial charge in [0.1, 0.15) is 5.78 Å². The van der Waals surface area contributed by atoms with Crippen LogP contribution in [0, 0.1) is 52.3 Å². The quantitative estimate of drug-likeness (QED) is 0.456. The van der Waals surface area contributed by atoms with Gasteiger partial charge in [-0.15, -0.1) is 0 Å². The molecule has 1 heteroatoms. The maximum Gasteiger partial charge on any atom is 0.133 e. The molecule has 4 fully saturated rings. The van der Waals surface area contributed by atoms with E-state index in [4.69, 9.17) is 0 Å². The van der Waals surface area contributed by atoms with Crippen LogP contribution in [0.3, 0.4) is 0 Å². The number of hydrogen-bond donors (Lipinski definition) is 0. The minimum atomic E-state index is 0.456. The molecule has 0 aromatic heterocycles. The monoisotopic (exact) mass is 400 g/mol. The lowest BCUT2D eigenvalue weighted by atomic mass is 9.46. The lowest BCUT2D eigenvalue weighted by molar-refractivity contribution is -0.124. The number of Topliss-reactive ketones (excluding diaryl/α,β-unsaturated/α-hetero) is 1. The molecule has 0 aromatic carbocycles. The van der Waals surface area contributed by atoms with Gasteiger partial charge in [-0.2, -0.15) is 0 Å². The molecular weight excluding hydrogens is 352 g/mol. The van der Waals surface area contributed by atoms with Crippen LogP contribution in [0.2, 0.25) is 0 Å². The molecule has 4 aliphatic rings. The molecule has 1 nitrogen and oxygen atoms in total. The molecule has 0 amide bonds. The zero-order chi connectivity index (χ0) is 20.8. The van der Waals surface area contributed by atoms with E-state index in [0.717, 1.165) is 54.8 Å². The van der Waals surface area contributed by atoms with Crippen LogP contribution < -0.4 is 0 Å². The van der Waals surface area contributed by atoms with E-state index < -0.39 is 0 Å². The number of rotatable bonds is 5. The van der Waals surface area contributed by atoms with E-state index in [1.54, 1.807) is 0 Å². The molecule has 166 valence electrons. The number of carbonyl (C=O) groups excluding carboxylic acids is 1. The second-order valence-electron chi connectivity index (χ2n) is 12.8. The van der Waals surface area contributed by atoms with Crippen LogP contribution >= 0.6 is 0 Å². The minimum Gasteiger partial charge on any atom is -0.300 e. The lowest BCUT2D eigenvalue weighted by Gasteiger charge is -2.59. The summed E-state index contributed by atoms with van der Waals surface area (Å²) < 4.78 is 0. The van der Waals surface area contributed by atoms with Gasteiger partial charge in [-0.3, -0.25) is 4.79 Å². The van der Waals surface area contributed by atoms with Gasteiger partial charge in [0, 0.05) is 12.8 Å². The Hall–Kier alpha value is -0.330. The van der Waals surface area contributed by atoms with Crippen LogP contribution in [-0.4, -0.2) is 5.78 Å². The topological polar surface area (TPSA) is 17.1 Å². The van der Waals surface area contributed by atoms with Crippen molar-refractivity contribution in [3.05, 3.63) is 0 Å². The standard InChI is InChI=1S/C28H48O/c1-19(2)8-6-9-20(3)24-13-14-25-23-12-11-21-18-22(29)10-7-16-27(21,4)26(23)15-17-28(24,25)5/h19-21,23-26H,6-18H2,1-5H3/t20-,21+,23?,24?,25?,26?,27?,28?/m1/s1. The van der Waals surface area contributed by atoms with Crippen molar-refractivity contribution >= 4 is 5.78 Å². The van der Waals surface area contributed by atoms with Gasteiger partial charge in [0.2, 0.25) is 0 Å². The van der Waals surface area contributed by atoms with Gasteiger partial charge in [-0.1, -0.05) is 53.9 Å². The molecule has 29 heavy (non-hydrogen) atoms. The van der Waals surface area contributed by atoms with Gasteiger partial charge in [0.25, 0.3) is 0 Å². The van der Waals surface area contributed by atoms with Crippen molar-refractivity contribution in [3.8, 4) is 0 Å². The van der Waals surface area contributed by atoms with Crippen LogP contribution in [0.5, 0.6) is 0 Å². The minimum absolute atomic E-state index is 0.456. The lowest BCUT2D eigenvalue weighted by Crippen LogP contribution is -2.52. The summed E-state index contributed by atoms with van der Waals surface area (Å²) in [5.41, 5.74) is 1.06. The third-order valence-electron chi connectivity index (χ3n) is 10.9. The van der Waals surface area contributed by atoms with E-state index >= 15 is 0 Å². The average molecular weight is 401 g/mol. The molecule has 0 aromatic rings. The first-order chi connectivity index (χ1) is 13.8. The van der Waals surface area contributed by atoms with E-state index in [1.807, 2.05) is 0 Å². The van der Waals surface area contributed by atoms with Crippen LogP contribution in [0.4, 0.5) is 0 Å². The molecule has 6 unspecified atom stereocenters. The van der Waals surface area contributed by atoms with Crippen LogP contribution in [-0.2, 0) is 4.79 Å². The summed E-state index contributed by atoms with van der Waals surface area (Å²) in [6.45, 7) is 12.6. The molecule has 4 rings (SSSR count). The first-order valence-corrected chi connectivity index (χ1v) is 13.3. The first kappa shape index (κ1) is 21.9. The van der Waals surface area contributed by atoms with Crippen molar-refractivity contribution in [1.82, 2.24) is 0 Å². The fourth-order valence-corrected chi connectivity index (χ4v) is 9.33. The predicted molar refractivity (Wildman–Crippen MR) is 123 cm³/mol. The zero-order valence-corrected chi connectivity index (χ0v) is 20.1. The summed E-state index contributed by atoms with van der Waals surface area (Å²) in [6, 6.07) is 0. The molecule has 4 saturated carbocycles. The van der Waals surface area contributed by atoms with Crippen molar-refractivity contribution in [2.24, 2.45) is 52.3 Å². The summed E-state index contributed by atoms with van der Waals surface area (Å²) in [6.07, 6.45) is 17.2. The Morgan fingerprint density at radius 2 is 1.66 bits per heavy atom. The summed E-state index contributed by atoms with van der Waals surface area (Å²) in [5.74, 6) is 6.80. The van der Waals surface area contributed by atoms with Crippen LogP contribution in [0.25, 0.3) is 0 Å². The zero-order valence-electron chi connectivity index (χ0n) is 20.1. The van der Waals surface area contributed by atoms with Crippen LogP contribution in [0.1, 0.15) is 118 Å². The molecule has 0 radical (unpaired) electrons. The fourth-order valence-electron chi connectivity index (χ4n) is 9.33. The smallest absolute Gasteiger partial charge is 0.133 e. The average Bonchev–Trinajstić information content (AvgIpc) is 2.92. The molecule has 8 atom stereocenters. The van der Waals surface area contributed by atoms with E-state index in [0.29, 0.717) is 22.5 Å². The highest BCUT2D eigenvalue weighted by molar-refractivity contribution is 5.79. The normalized spacial score (nSPS) is 46.0. The molecule has 0 bridgehead atoms. The summed E-state index contributed by atoms with van der Waals surface area (Å²) in [4.78, 5) is 12.3. The fraction of sp³-hybridized carbons (Fsp3) is 0.964. The Kier molecular flexibility index (Phi) is 6.27. The van der Waals surface area contributed by atoms with Crippen LogP contribution in [0.15, 0.2) is 0 Å². The Bertz CT molecular complexity index is 593. The molecule has 0 N–H and O–H groups in total. The molecule has 0 saturated heterocycles. The Morgan fingerprint density at radius 3 is 2.41 bits per heavy atom. The maximum absolute atomic E-state index is 12.3. The molecular formula is C28H48O. The molecule has 0 heterocycles. The van der Waals surface area contributed by atoms with E-state index in [2.05, 4.69) is 34.6 Å². The van der Waals surface area contributed by atoms with E-state index in [9.17, 15) is 4.79 Å². The predicted octanol–water partition coefficient (Wildman–Crippen LogP) is 8.07. The third kappa shape index (κ3) is 3.87. The van der Waals surface area contributed by atoms with Gasteiger partial charge in [-0.25, -0.2) is 0 Å². The van der Waals surface area contributed by atoms with Gasteiger partial charge in [-0.05, 0) is 104 Å². The summed E-state index contributed by atoms with van der Waals surface area (Å²) in [7, 11) is 0.